The first-order valence-electron chi connectivity index (χ1n) is 8.89. The summed E-state index contributed by atoms with van der Waals surface area (Å²) in [6.45, 7) is 4.17. The second-order valence-electron chi connectivity index (χ2n) is 7.02. The lowest BCUT2D eigenvalue weighted by Crippen LogP contribution is -2.51. The molecular formula is C19H30ClN3O2. The number of carbonyl (C=O) groups is 2. The highest BCUT2D eigenvalue weighted by atomic mass is 35.5. The van der Waals surface area contributed by atoms with E-state index in [9.17, 15) is 9.59 Å². The fourth-order valence-corrected chi connectivity index (χ4v) is 3.21. The Morgan fingerprint density at radius 3 is 2.60 bits per heavy atom. The van der Waals surface area contributed by atoms with Crippen molar-refractivity contribution in [3.05, 3.63) is 29.8 Å². The molecule has 0 radical (unpaired) electrons. The normalized spacial score (nSPS) is 16.6. The number of rotatable bonds is 7. The fourth-order valence-electron chi connectivity index (χ4n) is 3.21. The zero-order chi connectivity index (χ0) is 17.6. The molecule has 0 spiro atoms. The monoisotopic (exact) mass is 367 g/mol. The van der Waals surface area contributed by atoms with Gasteiger partial charge in [-0.3, -0.25) is 9.59 Å². The summed E-state index contributed by atoms with van der Waals surface area (Å²) in [7, 11) is 0. The van der Waals surface area contributed by atoms with E-state index < -0.39 is 5.54 Å². The zero-order valence-corrected chi connectivity index (χ0v) is 16.0. The quantitative estimate of drug-likeness (QED) is 0.690. The van der Waals surface area contributed by atoms with Crippen LogP contribution in [0.5, 0.6) is 0 Å². The molecule has 1 aliphatic rings. The SMILES string of the molecule is CCCC(C)(N)C(=O)NCc1cccc(NC(=O)C2CCCC2)c1.Cl. The molecule has 1 atom stereocenters. The number of hydrogen-bond acceptors (Lipinski definition) is 3. The van der Waals surface area contributed by atoms with Crippen LogP contribution in [0.25, 0.3) is 0 Å². The number of nitrogens with one attached hydrogen (secondary N) is 2. The molecule has 1 aromatic carbocycles. The summed E-state index contributed by atoms with van der Waals surface area (Å²) in [6.07, 6.45) is 5.75. The first kappa shape index (κ1) is 21.5. The van der Waals surface area contributed by atoms with Gasteiger partial charge in [-0.2, -0.15) is 0 Å². The zero-order valence-electron chi connectivity index (χ0n) is 15.1. The van der Waals surface area contributed by atoms with Gasteiger partial charge in [0.25, 0.3) is 0 Å². The second kappa shape index (κ2) is 9.78. The molecule has 1 aromatic rings. The predicted molar refractivity (Wildman–Crippen MR) is 104 cm³/mol. The van der Waals surface area contributed by atoms with Crippen LogP contribution in [-0.2, 0) is 16.1 Å². The van der Waals surface area contributed by atoms with Crippen molar-refractivity contribution in [2.24, 2.45) is 11.7 Å². The minimum atomic E-state index is -0.844. The van der Waals surface area contributed by atoms with Crippen LogP contribution in [0.4, 0.5) is 5.69 Å². The Balaban J connectivity index is 0.00000312. The third-order valence-electron chi connectivity index (χ3n) is 4.66. The van der Waals surface area contributed by atoms with E-state index in [0.29, 0.717) is 13.0 Å². The van der Waals surface area contributed by atoms with Crippen molar-refractivity contribution in [2.75, 3.05) is 5.32 Å². The summed E-state index contributed by atoms with van der Waals surface area (Å²) in [5.41, 5.74) is 6.91. The number of carbonyl (C=O) groups excluding carboxylic acids is 2. The van der Waals surface area contributed by atoms with Gasteiger partial charge in [-0.25, -0.2) is 0 Å². The van der Waals surface area contributed by atoms with Crippen molar-refractivity contribution in [3.8, 4) is 0 Å². The van der Waals surface area contributed by atoms with Crippen LogP contribution in [0, 0.1) is 5.92 Å². The van der Waals surface area contributed by atoms with Crippen molar-refractivity contribution in [3.63, 3.8) is 0 Å². The molecule has 140 valence electrons. The maximum absolute atomic E-state index is 12.2. The lowest BCUT2D eigenvalue weighted by molar-refractivity contribution is -0.126. The van der Waals surface area contributed by atoms with Gasteiger partial charge in [0.2, 0.25) is 11.8 Å². The van der Waals surface area contributed by atoms with Crippen LogP contribution in [0.2, 0.25) is 0 Å². The topological polar surface area (TPSA) is 84.2 Å². The molecule has 1 unspecified atom stereocenters. The van der Waals surface area contributed by atoms with Crippen LogP contribution in [0.1, 0.15) is 57.9 Å². The van der Waals surface area contributed by atoms with E-state index in [1.54, 1.807) is 6.92 Å². The Morgan fingerprint density at radius 1 is 1.28 bits per heavy atom. The Hall–Kier alpha value is -1.59. The first-order valence-corrected chi connectivity index (χ1v) is 8.89. The van der Waals surface area contributed by atoms with Crippen LogP contribution >= 0.6 is 12.4 Å². The predicted octanol–water partition coefficient (Wildman–Crippen LogP) is 3.37. The maximum atomic E-state index is 12.2. The highest BCUT2D eigenvalue weighted by molar-refractivity contribution is 5.92. The van der Waals surface area contributed by atoms with Gasteiger partial charge in [0.1, 0.15) is 0 Å². The van der Waals surface area contributed by atoms with E-state index in [1.807, 2.05) is 31.2 Å². The Morgan fingerprint density at radius 2 is 1.96 bits per heavy atom. The Bertz CT molecular complexity index is 584. The molecule has 0 bridgehead atoms. The lowest BCUT2D eigenvalue weighted by Gasteiger charge is -2.22. The molecule has 1 aliphatic carbocycles. The molecule has 0 heterocycles. The minimum absolute atomic E-state index is 0. The lowest BCUT2D eigenvalue weighted by atomic mass is 9.96. The highest BCUT2D eigenvalue weighted by Crippen LogP contribution is 2.26. The van der Waals surface area contributed by atoms with E-state index in [0.717, 1.165) is 43.4 Å². The molecule has 2 rings (SSSR count). The number of halogens is 1. The van der Waals surface area contributed by atoms with Crippen LogP contribution < -0.4 is 16.4 Å². The van der Waals surface area contributed by atoms with E-state index in [4.69, 9.17) is 5.73 Å². The summed E-state index contributed by atoms with van der Waals surface area (Å²) in [5, 5.41) is 5.87. The number of hydrogen-bond donors (Lipinski definition) is 3. The minimum Gasteiger partial charge on any atom is -0.350 e. The van der Waals surface area contributed by atoms with Crippen LogP contribution in [0.15, 0.2) is 24.3 Å². The molecule has 25 heavy (non-hydrogen) atoms. The van der Waals surface area contributed by atoms with E-state index in [1.165, 1.54) is 0 Å². The van der Waals surface area contributed by atoms with Gasteiger partial charge in [-0.1, -0.05) is 38.3 Å². The summed E-state index contributed by atoms with van der Waals surface area (Å²) >= 11 is 0. The molecule has 5 nitrogen and oxygen atoms in total. The van der Waals surface area contributed by atoms with Gasteiger partial charge in [-0.05, 0) is 43.9 Å². The maximum Gasteiger partial charge on any atom is 0.240 e. The summed E-state index contributed by atoms with van der Waals surface area (Å²) < 4.78 is 0. The van der Waals surface area contributed by atoms with E-state index in [2.05, 4.69) is 10.6 Å². The fraction of sp³-hybridized carbons (Fsp3) is 0.579. The molecule has 4 N–H and O–H groups in total. The largest absolute Gasteiger partial charge is 0.350 e. The van der Waals surface area contributed by atoms with E-state index in [-0.39, 0.29) is 30.1 Å². The molecule has 2 amide bonds. The molecule has 1 fully saturated rings. The van der Waals surface area contributed by atoms with E-state index >= 15 is 0 Å². The van der Waals surface area contributed by atoms with Gasteiger partial charge in [0.15, 0.2) is 0 Å². The van der Waals surface area contributed by atoms with Gasteiger partial charge in [0.05, 0.1) is 5.54 Å². The molecule has 1 saturated carbocycles. The van der Waals surface area contributed by atoms with Crippen molar-refractivity contribution in [1.82, 2.24) is 5.32 Å². The van der Waals surface area contributed by atoms with Crippen molar-refractivity contribution in [2.45, 2.75) is 64.5 Å². The molecule has 0 aliphatic heterocycles. The average molecular weight is 368 g/mol. The molecule has 0 saturated heterocycles. The average Bonchev–Trinajstić information content (AvgIpc) is 3.07. The first-order chi connectivity index (χ1) is 11.4. The van der Waals surface area contributed by atoms with Crippen LogP contribution in [-0.4, -0.2) is 17.4 Å². The standard InChI is InChI=1S/C19H29N3O2.ClH/c1-3-11-19(2,20)18(24)21-13-14-7-6-10-16(12-14)22-17(23)15-8-4-5-9-15;/h6-7,10,12,15H,3-5,8-9,11,13,20H2,1-2H3,(H,21,24)(H,22,23);1H. The third kappa shape index (κ3) is 6.33. The van der Waals surface area contributed by atoms with Crippen molar-refractivity contribution < 1.29 is 9.59 Å². The number of benzene rings is 1. The van der Waals surface area contributed by atoms with Gasteiger partial charge in [0, 0.05) is 18.2 Å². The van der Waals surface area contributed by atoms with Gasteiger partial charge < -0.3 is 16.4 Å². The summed E-state index contributed by atoms with van der Waals surface area (Å²) in [5.74, 6) is 0.0938. The summed E-state index contributed by atoms with van der Waals surface area (Å²) in [6, 6.07) is 7.60. The third-order valence-corrected chi connectivity index (χ3v) is 4.66. The Labute approximate surface area is 156 Å². The number of amides is 2. The van der Waals surface area contributed by atoms with Gasteiger partial charge >= 0.3 is 0 Å². The Kier molecular flexibility index (Phi) is 8.39. The molecule has 6 heteroatoms. The number of nitrogens with two attached hydrogens (primary N) is 1. The smallest absolute Gasteiger partial charge is 0.240 e. The highest BCUT2D eigenvalue weighted by Gasteiger charge is 2.26. The molecule has 0 aromatic heterocycles. The molecular weight excluding hydrogens is 338 g/mol. The summed E-state index contributed by atoms with van der Waals surface area (Å²) in [4.78, 5) is 24.4. The second-order valence-corrected chi connectivity index (χ2v) is 7.02. The number of anilines is 1. The van der Waals surface area contributed by atoms with Crippen LogP contribution in [0.3, 0.4) is 0 Å². The van der Waals surface area contributed by atoms with Crippen molar-refractivity contribution >= 4 is 29.9 Å². The van der Waals surface area contributed by atoms with Crippen molar-refractivity contribution in [1.29, 1.82) is 0 Å². The van der Waals surface area contributed by atoms with Gasteiger partial charge in [-0.15, -0.1) is 12.4 Å².